The molecule has 0 atom stereocenters. The van der Waals surface area contributed by atoms with Crippen molar-refractivity contribution >= 4 is 22.4 Å². The minimum absolute atomic E-state index is 0.613. The molecule has 3 heteroatoms. The van der Waals surface area contributed by atoms with Gasteiger partial charge in [0.1, 0.15) is 11.5 Å². The minimum atomic E-state index is 0.613. The van der Waals surface area contributed by atoms with Crippen molar-refractivity contribution in [2.24, 2.45) is 0 Å². The number of ether oxygens (including phenoxy) is 2. The van der Waals surface area contributed by atoms with Gasteiger partial charge in [-0.1, -0.05) is 17.7 Å². The van der Waals surface area contributed by atoms with Gasteiger partial charge in [-0.15, -0.1) is 0 Å². The van der Waals surface area contributed by atoms with Gasteiger partial charge in [0.25, 0.3) is 0 Å². The summed E-state index contributed by atoms with van der Waals surface area (Å²) >= 11 is 6.15. The standard InChI is InChI=1S/C14H15ClO2/c1-3-16-12-6-5-10-9-14(17-4-2)13(15)8-11(10)7-12/h5-9H,3-4H2,1-2H3. The van der Waals surface area contributed by atoms with E-state index in [1.807, 2.05) is 44.2 Å². The highest BCUT2D eigenvalue weighted by molar-refractivity contribution is 6.32. The van der Waals surface area contributed by atoms with Gasteiger partial charge in [0.2, 0.25) is 0 Å². The average Bonchev–Trinajstić information content (AvgIpc) is 2.31. The third kappa shape index (κ3) is 2.64. The van der Waals surface area contributed by atoms with Gasteiger partial charge in [0.05, 0.1) is 18.2 Å². The molecule has 0 amide bonds. The summed E-state index contributed by atoms with van der Waals surface area (Å²) in [5.74, 6) is 1.59. The van der Waals surface area contributed by atoms with Crippen molar-refractivity contribution in [3.63, 3.8) is 0 Å². The van der Waals surface area contributed by atoms with E-state index in [0.29, 0.717) is 18.2 Å². The third-order valence-electron chi connectivity index (χ3n) is 2.47. The molecule has 2 nitrogen and oxygen atoms in total. The Morgan fingerprint density at radius 2 is 1.71 bits per heavy atom. The van der Waals surface area contributed by atoms with E-state index < -0.39 is 0 Å². The summed E-state index contributed by atoms with van der Waals surface area (Å²) in [6.45, 7) is 5.19. The Balaban J connectivity index is 2.46. The number of fused-ring (bicyclic) bond motifs is 1. The molecular formula is C14H15ClO2. The lowest BCUT2D eigenvalue weighted by Gasteiger charge is -2.09. The molecule has 0 fully saturated rings. The predicted molar refractivity (Wildman–Crippen MR) is 71.3 cm³/mol. The average molecular weight is 251 g/mol. The molecule has 0 N–H and O–H groups in total. The second-order valence-electron chi connectivity index (χ2n) is 3.66. The van der Waals surface area contributed by atoms with Crippen LogP contribution in [0.5, 0.6) is 11.5 Å². The maximum Gasteiger partial charge on any atom is 0.138 e. The van der Waals surface area contributed by atoms with Crippen LogP contribution in [0.15, 0.2) is 30.3 Å². The molecule has 90 valence electrons. The minimum Gasteiger partial charge on any atom is -0.494 e. The highest BCUT2D eigenvalue weighted by Crippen LogP contribution is 2.31. The van der Waals surface area contributed by atoms with Crippen molar-refractivity contribution in [2.45, 2.75) is 13.8 Å². The number of halogens is 1. The highest BCUT2D eigenvalue weighted by atomic mass is 35.5. The molecule has 0 aromatic heterocycles. The van der Waals surface area contributed by atoms with Crippen LogP contribution in [0.1, 0.15) is 13.8 Å². The van der Waals surface area contributed by atoms with Crippen molar-refractivity contribution in [1.82, 2.24) is 0 Å². The number of hydrogen-bond acceptors (Lipinski definition) is 2. The highest BCUT2D eigenvalue weighted by Gasteiger charge is 2.05. The van der Waals surface area contributed by atoms with Gasteiger partial charge in [-0.2, -0.15) is 0 Å². The summed E-state index contributed by atoms with van der Waals surface area (Å²) in [7, 11) is 0. The Morgan fingerprint density at radius 3 is 2.41 bits per heavy atom. The van der Waals surface area contributed by atoms with Crippen LogP contribution < -0.4 is 9.47 Å². The maximum absolute atomic E-state index is 6.15. The molecule has 0 unspecified atom stereocenters. The van der Waals surface area contributed by atoms with E-state index in [2.05, 4.69) is 0 Å². The smallest absolute Gasteiger partial charge is 0.138 e. The Hall–Kier alpha value is -1.41. The van der Waals surface area contributed by atoms with Gasteiger partial charge in [-0.3, -0.25) is 0 Å². The molecule has 0 saturated heterocycles. The quantitative estimate of drug-likeness (QED) is 0.806. The summed E-state index contributed by atoms with van der Waals surface area (Å²) in [4.78, 5) is 0. The first-order valence-electron chi connectivity index (χ1n) is 5.73. The van der Waals surface area contributed by atoms with E-state index in [4.69, 9.17) is 21.1 Å². The van der Waals surface area contributed by atoms with E-state index in [9.17, 15) is 0 Å². The van der Waals surface area contributed by atoms with Gasteiger partial charge >= 0.3 is 0 Å². The molecule has 2 rings (SSSR count). The number of benzene rings is 2. The summed E-state index contributed by atoms with van der Waals surface area (Å²) < 4.78 is 10.9. The van der Waals surface area contributed by atoms with Gasteiger partial charge in [0, 0.05) is 0 Å². The van der Waals surface area contributed by atoms with Crippen molar-refractivity contribution in [1.29, 1.82) is 0 Å². The van der Waals surface area contributed by atoms with Crippen LogP contribution in [-0.2, 0) is 0 Å². The monoisotopic (exact) mass is 250 g/mol. The largest absolute Gasteiger partial charge is 0.494 e. The van der Waals surface area contributed by atoms with Crippen LogP contribution >= 0.6 is 11.6 Å². The molecule has 0 aliphatic rings. The van der Waals surface area contributed by atoms with Gasteiger partial charge in [-0.25, -0.2) is 0 Å². The topological polar surface area (TPSA) is 18.5 Å². The SMILES string of the molecule is CCOc1ccc2cc(OCC)c(Cl)cc2c1. The van der Waals surface area contributed by atoms with Gasteiger partial charge in [0.15, 0.2) is 0 Å². The lowest BCUT2D eigenvalue weighted by molar-refractivity contribution is 0.340. The van der Waals surface area contributed by atoms with Crippen LogP contribution in [-0.4, -0.2) is 13.2 Å². The molecule has 2 aromatic carbocycles. The summed E-state index contributed by atoms with van der Waals surface area (Å²) in [6.07, 6.45) is 0. The van der Waals surface area contributed by atoms with Gasteiger partial charge < -0.3 is 9.47 Å². The van der Waals surface area contributed by atoms with Crippen LogP contribution in [0.4, 0.5) is 0 Å². The Labute approximate surface area is 106 Å². The summed E-state index contributed by atoms with van der Waals surface area (Å²) in [6, 6.07) is 9.82. The number of hydrogen-bond donors (Lipinski definition) is 0. The lowest BCUT2D eigenvalue weighted by atomic mass is 10.1. The third-order valence-corrected chi connectivity index (χ3v) is 2.77. The summed E-state index contributed by atoms with van der Waals surface area (Å²) in [5, 5.41) is 2.79. The molecule has 0 aliphatic carbocycles. The predicted octanol–water partition coefficient (Wildman–Crippen LogP) is 4.29. The van der Waals surface area contributed by atoms with Crippen molar-refractivity contribution < 1.29 is 9.47 Å². The first-order valence-corrected chi connectivity index (χ1v) is 6.11. The second kappa shape index (κ2) is 5.28. The Bertz CT molecular complexity index is 523. The van der Waals surface area contributed by atoms with Crippen molar-refractivity contribution in [3.8, 4) is 11.5 Å². The van der Waals surface area contributed by atoms with E-state index in [1.54, 1.807) is 0 Å². The molecule has 0 radical (unpaired) electrons. The molecule has 0 saturated carbocycles. The number of rotatable bonds is 4. The summed E-state index contributed by atoms with van der Waals surface area (Å²) in [5.41, 5.74) is 0. The molecular weight excluding hydrogens is 236 g/mol. The van der Waals surface area contributed by atoms with E-state index in [1.165, 1.54) is 0 Å². The zero-order valence-corrected chi connectivity index (χ0v) is 10.8. The van der Waals surface area contributed by atoms with E-state index in [0.717, 1.165) is 22.3 Å². The van der Waals surface area contributed by atoms with E-state index >= 15 is 0 Å². The maximum atomic E-state index is 6.15. The zero-order chi connectivity index (χ0) is 12.3. The molecule has 0 spiro atoms. The fraction of sp³-hybridized carbons (Fsp3) is 0.286. The molecule has 17 heavy (non-hydrogen) atoms. The Morgan fingerprint density at radius 1 is 0.941 bits per heavy atom. The second-order valence-corrected chi connectivity index (χ2v) is 4.06. The molecule has 0 aliphatic heterocycles. The van der Waals surface area contributed by atoms with E-state index in [-0.39, 0.29) is 0 Å². The first kappa shape index (κ1) is 12.1. The lowest BCUT2D eigenvalue weighted by Crippen LogP contribution is -1.93. The van der Waals surface area contributed by atoms with Crippen LogP contribution in [0.25, 0.3) is 10.8 Å². The first-order chi connectivity index (χ1) is 8.24. The normalized spacial score (nSPS) is 10.5. The van der Waals surface area contributed by atoms with Crippen LogP contribution in [0.2, 0.25) is 5.02 Å². The fourth-order valence-electron chi connectivity index (χ4n) is 1.75. The molecule has 0 bridgehead atoms. The fourth-order valence-corrected chi connectivity index (χ4v) is 1.98. The van der Waals surface area contributed by atoms with Crippen LogP contribution in [0, 0.1) is 0 Å². The van der Waals surface area contributed by atoms with Crippen molar-refractivity contribution in [3.05, 3.63) is 35.4 Å². The molecule has 0 heterocycles. The van der Waals surface area contributed by atoms with Crippen molar-refractivity contribution in [2.75, 3.05) is 13.2 Å². The Kier molecular flexibility index (Phi) is 3.75. The van der Waals surface area contributed by atoms with Crippen LogP contribution in [0.3, 0.4) is 0 Å². The molecule has 2 aromatic rings. The van der Waals surface area contributed by atoms with Gasteiger partial charge in [-0.05, 0) is 48.9 Å². The zero-order valence-electron chi connectivity index (χ0n) is 10.00.